The number of amides is 1. The topological polar surface area (TPSA) is 32.3 Å². The van der Waals surface area contributed by atoms with Crippen molar-refractivity contribution in [3.63, 3.8) is 0 Å². The van der Waals surface area contributed by atoms with Gasteiger partial charge in [0.1, 0.15) is 5.82 Å². The summed E-state index contributed by atoms with van der Waals surface area (Å²) in [6, 6.07) is 6.48. The van der Waals surface area contributed by atoms with Crippen molar-refractivity contribution in [1.29, 1.82) is 0 Å². The van der Waals surface area contributed by atoms with Gasteiger partial charge in [-0.15, -0.1) is 11.3 Å². The van der Waals surface area contributed by atoms with Gasteiger partial charge in [-0.1, -0.05) is 0 Å². The van der Waals surface area contributed by atoms with E-state index in [-0.39, 0.29) is 11.7 Å². The molecule has 1 aromatic carbocycles. The Bertz CT molecular complexity index is 653. The normalized spacial score (nSPS) is 19.1. The lowest BCUT2D eigenvalue weighted by Gasteiger charge is -2.32. The summed E-state index contributed by atoms with van der Waals surface area (Å²) in [4.78, 5) is 15.3. The summed E-state index contributed by atoms with van der Waals surface area (Å²) >= 11 is 1.45. The van der Waals surface area contributed by atoms with E-state index in [4.69, 9.17) is 0 Å². The van der Waals surface area contributed by atoms with E-state index in [1.807, 2.05) is 18.0 Å². The molecule has 1 aromatic heterocycles. The molecule has 1 N–H and O–H groups in total. The van der Waals surface area contributed by atoms with Crippen LogP contribution in [0.1, 0.15) is 22.5 Å². The highest BCUT2D eigenvalue weighted by Crippen LogP contribution is 2.28. The molecule has 1 atom stereocenters. The van der Waals surface area contributed by atoms with Crippen LogP contribution in [0.25, 0.3) is 10.1 Å². The fraction of sp³-hybridized carbons (Fsp3) is 0.438. The number of halogens is 1. The van der Waals surface area contributed by atoms with Crippen molar-refractivity contribution in [3.8, 4) is 0 Å². The summed E-state index contributed by atoms with van der Waals surface area (Å²) in [5.74, 6) is 0.350. The van der Waals surface area contributed by atoms with E-state index in [0.29, 0.717) is 10.8 Å². The number of hydrogen-bond donors (Lipinski definition) is 1. The van der Waals surface area contributed by atoms with Gasteiger partial charge < -0.3 is 10.2 Å². The first-order valence-electron chi connectivity index (χ1n) is 7.30. The molecule has 0 bridgehead atoms. The zero-order valence-corrected chi connectivity index (χ0v) is 12.9. The van der Waals surface area contributed by atoms with Crippen LogP contribution in [-0.2, 0) is 0 Å². The molecule has 1 aliphatic rings. The molecular formula is C16H19FN2OS. The fourth-order valence-corrected chi connectivity index (χ4v) is 3.99. The van der Waals surface area contributed by atoms with Gasteiger partial charge in [-0.25, -0.2) is 4.39 Å². The predicted octanol–water partition coefficient (Wildman–Crippen LogP) is 3.11. The molecule has 1 fully saturated rings. The first-order valence-corrected chi connectivity index (χ1v) is 8.12. The molecule has 0 radical (unpaired) electrons. The molecule has 1 aliphatic heterocycles. The summed E-state index contributed by atoms with van der Waals surface area (Å²) in [6.45, 7) is 2.57. The zero-order valence-electron chi connectivity index (χ0n) is 12.1. The number of rotatable bonds is 3. The minimum Gasteiger partial charge on any atom is -0.338 e. The Balaban J connectivity index is 1.79. The maximum absolute atomic E-state index is 13.2. The highest BCUT2D eigenvalue weighted by Gasteiger charge is 2.25. The minimum absolute atomic E-state index is 0.0809. The second-order valence-electron chi connectivity index (χ2n) is 5.61. The molecule has 5 heteroatoms. The van der Waals surface area contributed by atoms with Crippen LogP contribution in [0.2, 0.25) is 0 Å². The SMILES string of the molecule is CNC[C@H]1CCCN(C(=O)c2cc3cc(F)ccc3s2)C1. The number of hydrogen-bond acceptors (Lipinski definition) is 3. The van der Waals surface area contributed by atoms with Gasteiger partial charge in [0.25, 0.3) is 5.91 Å². The third-order valence-electron chi connectivity index (χ3n) is 3.99. The summed E-state index contributed by atoms with van der Waals surface area (Å²) < 4.78 is 14.2. The monoisotopic (exact) mass is 306 g/mol. The summed E-state index contributed by atoms with van der Waals surface area (Å²) in [7, 11) is 1.95. The summed E-state index contributed by atoms with van der Waals surface area (Å²) in [5, 5.41) is 4.00. The average molecular weight is 306 g/mol. The van der Waals surface area contributed by atoms with Gasteiger partial charge in [-0.2, -0.15) is 0 Å². The highest BCUT2D eigenvalue weighted by atomic mass is 32.1. The van der Waals surface area contributed by atoms with Crippen molar-refractivity contribution in [2.75, 3.05) is 26.7 Å². The quantitative estimate of drug-likeness (QED) is 0.945. The lowest BCUT2D eigenvalue weighted by molar-refractivity contribution is 0.0679. The second-order valence-corrected chi connectivity index (χ2v) is 6.69. The largest absolute Gasteiger partial charge is 0.338 e. The van der Waals surface area contributed by atoms with Crippen LogP contribution in [0.3, 0.4) is 0 Å². The first kappa shape index (κ1) is 14.5. The van der Waals surface area contributed by atoms with Gasteiger partial charge in [0.05, 0.1) is 4.88 Å². The van der Waals surface area contributed by atoms with Crippen LogP contribution < -0.4 is 5.32 Å². The number of nitrogens with one attached hydrogen (secondary N) is 1. The van der Waals surface area contributed by atoms with Gasteiger partial charge in [0, 0.05) is 17.8 Å². The third kappa shape index (κ3) is 3.09. The molecule has 0 aliphatic carbocycles. The number of fused-ring (bicyclic) bond motifs is 1. The van der Waals surface area contributed by atoms with Crippen molar-refractivity contribution in [2.24, 2.45) is 5.92 Å². The van der Waals surface area contributed by atoms with Crippen LogP contribution in [0, 0.1) is 11.7 Å². The van der Waals surface area contributed by atoms with Crippen LogP contribution in [0.4, 0.5) is 4.39 Å². The van der Waals surface area contributed by atoms with Crippen molar-refractivity contribution in [2.45, 2.75) is 12.8 Å². The van der Waals surface area contributed by atoms with Gasteiger partial charge in [-0.05, 0) is 62.0 Å². The third-order valence-corrected chi connectivity index (χ3v) is 5.09. The Morgan fingerprint density at radius 2 is 2.33 bits per heavy atom. The number of likely N-dealkylation sites (tertiary alicyclic amines) is 1. The summed E-state index contributed by atoms with van der Waals surface area (Å²) in [6.07, 6.45) is 2.22. The molecule has 3 nitrogen and oxygen atoms in total. The van der Waals surface area contributed by atoms with Crippen LogP contribution in [-0.4, -0.2) is 37.5 Å². The standard InChI is InChI=1S/C16H19FN2OS/c1-18-9-11-3-2-6-19(10-11)16(20)15-8-12-7-13(17)4-5-14(12)21-15/h4-5,7-8,11,18H,2-3,6,9-10H2,1H3/t11-/m1/s1. The van der Waals surface area contributed by atoms with E-state index < -0.39 is 0 Å². The number of piperidine rings is 1. The Labute approximate surface area is 127 Å². The van der Waals surface area contributed by atoms with Crippen molar-refractivity contribution >= 4 is 27.3 Å². The molecule has 0 spiro atoms. The van der Waals surface area contributed by atoms with Crippen molar-refractivity contribution in [3.05, 3.63) is 35.0 Å². The lowest BCUT2D eigenvalue weighted by atomic mass is 9.98. The lowest BCUT2D eigenvalue weighted by Crippen LogP contribution is -2.42. The van der Waals surface area contributed by atoms with Gasteiger partial charge in [0.15, 0.2) is 0 Å². The van der Waals surface area contributed by atoms with E-state index in [1.165, 1.54) is 29.9 Å². The Hall–Kier alpha value is -1.46. The molecule has 2 heterocycles. The number of carbonyl (C=O) groups excluding carboxylic acids is 1. The maximum Gasteiger partial charge on any atom is 0.263 e. The van der Waals surface area contributed by atoms with Gasteiger partial charge in [0.2, 0.25) is 0 Å². The molecule has 0 unspecified atom stereocenters. The molecule has 112 valence electrons. The van der Waals surface area contributed by atoms with Crippen molar-refractivity contribution in [1.82, 2.24) is 10.2 Å². The van der Waals surface area contributed by atoms with Crippen LogP contribution >= 0.6 is 11.3 Å². The average Bonchev–Trinajstić information content (AvgIpc) is 2.90. The Morgan fingerprint density at radius 3 is 3.14 bits per heavy atom. The number of thiophene rings is 1. The minimum atomic E-state index is -0.258. The second kappa shape index (κ2) is 6.12. The number of carbonyl (C=O) groups is 1. The van der Waals surface area contributed by atoms with Crippen LogP contribution in [0.5, 0.6) is 0 Å². The van der Waals surface area contributed by atoms with E-state index in [9.17, 15) is 9.18 Å². The predicted molar refractivity (Wildman–Crippen MR) is 84.3 cm³/mol. The molecule has 0 saturated carbocycles. The number of benzene rings is 1. The van der Waals surface area contributed by atoms with E-state index in [1.54, 1.807) is 6.07 Å². The Morgan fingerprint density at radius 1 is 1.48 bits per heavy atom. The van der Waals surface area contributed by atoms with Gasteiger partial charge in [-0.3, -0.25) is 4.79 Å². The highest BCUT2D eigenvalue weighted by molar-refractivity contribution is 7.20. The number of nitrogens with zero attached hydrogens (tertiary/aromatic N) is 1. The molecular weight excluding hydrogens is 287 g/mol. The van der Waals surface area contributed by atoms with E-state index >= 15 is 0 Å². The van der Waals surface area contributed by atoms with Crippen LogP contribution in [0.15, 0.2) is 24.3 Å². The Kier molecular flexibility index (Phi) is 4.22. The van der Waals surface area contributed by atoms with Gasteiger partial charge >= 0.3 is 0 Å². The van der Waals surface area contributed by atoms with E-state index in [0.717, 1.165) is 36.1 Å². The van der Waals surface area contributed by atoms with E-state index in [2.05, 4.69) is 5.32 Å². The zero-order chi connectivity index (χ0) is 14.8. The molecule has 1 saturated heterocycles. The fourth-order valence-electron chi connectivity index (χ4n) is 2.98. The smallest absolute Gasteiger partial charge is 0.263 e. The van der Waals surface area contributed by atoms with Crippen molar-refractivity contribution < 1.29 is 9.18 Å². The molecule has 1 amide bonds. The molecule has 21 heavy (non-hydrogen) atoms. The maximum atomic E-state index is 13.2. The first-order chi connectivity index (χ1) is 10.2. The molecule has 2 aromatic rings. The summed E-state index contributed by atoms with van der Waals surface area (Å²) in [5.41, 5.74) is 0. The molecule has 3 rings (SSSR count).